The summed E-state index contributed by atoms with van der Waals surface area (Å²) in [5.74, 6) is -1.73. The number of para-hydroxylation sites is 1. The van der Waals surface area contributed by atoms with E-state index in [-0.39, 0.29) is 25.3 Å². The minimum absolute atomic E-state index is 0.0238. The average molecular weight is 279 g/mol. The highest BCUT2D eigenvalue weighted by Gasteiger charge is 2.15. The monoisotopic (exact) mass is 279 g/mol. The summed E-state index contributed by atoms with van der Waals surface area (Å²) < 4.78 is 6.24. The van der Waals surface area contributed by atoms with Crippen LogP contribution < -0.4 is 11.4 Å². The van der Waals surface area contributed by atoms with Crippen molar-refractivity contribution in [1.82, 2.24) is 9.55 Å². The highest BCUT2D eigenvalue weighted by Crippen LogP contribution is 2.15. The number of aromatic nitrogens is 2. The third-order valence-corrected chi connectivity index (χ3v) is 2.73. The standard InChI is InChI=1S/C12H13N3O5/c13-9(16)6-20-5-4-15-10-7(11(17)18)2-1-3-8(10)14-12(15)19/h1-3H,4-6H2,(H2,13,16)(H,14,19)(H,17,18). The lowest BCUT2D eigenvalue weighted by Crippen LogP contribution is -2.23. The van der Waals surface area contributed by atoms with Crippen LogP contribution in [0.1, 0.15) is 10.4 Å². The van der Waals surface area contributed by atoms with E-state index in [0.717, 1.165) is 0 Å². The van der Waals surface area contributed by atoms with Crippen molar-refractivity contribution in [2.45, 2.75) is 6.54 Å². The van der Waals surface area contributed by atoms with Crippen molar-refractivity contribution in [3.05, 3.63) is 34.2 Å². The molecule has 0 aliphatic rings. The number of carboxylic acid groups (broad SMARTS) is 1. The molecule has 0 unspecified atom stereocenters. The van der Waals surface area contributed by atoms with E-state index in [1.165, 1.54) is 10.6 Å². The van der Waals surface area contributed by atoms with E-state index in [1.54, 1.807) is 12.1 Å². The molecule has 0 bridgehead atoms. The van der Waals surface area contributed by atoms with Gasteiger partial charge in [0.15, 0.2) is 0 Å². The van der Waals surface area contributed by atoms with E-state index in [0.29, 0.717) is 11.0 Å². The zero-order chi connectivity index (χ0) is 14.7. The first-order chi connectivity index (χ1) is 9.50. The molecule has 8 nitrogen and oxygen atoms in total. The molecule has 4 N–H and O–H groups in total. The molecule has 1 aromatic heterocycles. The van der Waals surface area contributed by atoms with Crippen molar-refractivity contribution in [3.8, 4) is 0 Å². The van der Waals surface area contributed by atoms with Crippen LogP contribution in [-0.4, -0.2) is 39.7 Å². The second-order valence-corrected chi connectivity index (χ2v) is 4.11. The molecule has 0 radical (unpaired) electrons. The van der Waals surface area contributed by atoms with Crippen LogP contribution in [0.3, 0.4) is 0 Å². The Balaban J connectivity index is 2.32. The van der Waals surface area contributed by atoms with Crippen LogP contribution >= 0.6 is 0 Å². The number of nitrogens with one attached hydrogen (secondary N) is 1. The van der Waals surface area contributed by atoms with Gasteiger partial charge >= 0.3 is 11.7 Å². The first-order valence-corrected chi connectivity index (χ1v) is 5.81. The molecule has 0 fully saturated rings. The van der Waals surface area contributed by atoms with Gasteiger partial charge in [0.05, 0.1) is 29.7 Å². The number of aromatic carboxylic acids is 1. The molecule has 0 spiro atoms. The Kier molecular flexibility index (Phi) is 3.85. The van der Waals surface area contributed by atoms with Crippen molar-refractivity contribution >= 4 is 22.9 Å². The predicted octanol–water partition coefficient (Wildman–Crippen LogP) is -0.470. The van der Waals surface area contributed by atoms with Gasteiger partial charge in [0.2, 0.25) is 5.91 Å². The zero-order valence-electron chi connectivity index (χ0n) is 10.5. The number of amides is 1. The molecule has 2 aromatic rings. The molecular weight excluding hydrogens is 266 g/mol. The maximum atomic E-state index is 11.8. The summed E-state index contributed by atoms with van der Waals surface area (Å²) in [6, 6.07) is 4.58. The smallest absolute Gasteiger partial charge is 0.337 e. The number of carbonyl (C=O) groups excluding carboxylic acids is 1. The highest BCUT2D eigenvalue weighted by atomic mass is 16.5. The molecule has 1 heterocycles. The Bertz CT molecular complexity index is 715. The lowest BCUT2D eigenvalue weighted by Gasteiger charge is -2.05. The van der Waals surface area contributed by atoms with Gasteiger partial charge in [0.1, 0.15) is 6.61 Å². The third-order valence-electron chi connectivity index (χ3n) is 2.73. The Labute approximate surface area is 112 Å². The predicted molar refractivity (Wildman–Crippen MR) is 69.5 cm³/mol. The van der Waals surface area contributed by atoms with E-state index < -0.39 is 17.6 Å². The number of aromatic amines is 1. The number of hydrogen-bond acceptors (Lipinski definition) is 4. The molecule has 0 atom stereocenters. The number of hydrogen-bond donors (Lipinski definition) is 3. The Morgan fingerprint density at radius 2 is 2.15 bits per heavy atom. The van der Waals surface area contributed by atoms with Gasteiger partial charge in [-0.2, -0.15) is 0 Å². The van der Waals surface area contributed by atoms with E-state index >= 15 is 0 Å². The van der Waals surface area contributed by atoms with Crippen molar-refractivity contribution in [1.29, 1.82) is 0 Å². The maximum Gasteiger partial charge on any atom is 0.337 e. The Hall–Kier alpha value is -2.61. The first-order valence-electron chi connectivity index (χ1n) is 5.81. The molecule has 0 saturated carbocycles. The number of rotatable bonds is 6. The van der Waals surface area contributed by atoms with Crippen LogP contribution in [0.4, 0.5) is 0 Å². The number of imidazole rings is 1. The number of fused-ring (bicyclic) bond motifs is 1. The molecular formula is C12H13N3O5. The number of primary amides is 1. The molecule has 0 aliphatic carbocycles. The third kappa shape index (κ3) is 2.69. The number of carbonyl (C=O) groups is 2. The quantitative estimate of drug-likeness (QED) is 0.616. The second-order valence-electron chi connectivity index (χ2n) is 4.11. The summed E-state index contributed by atoms with van der Waals surface area (Å²) in [7, 11) is 0. The van der Waals surface area contributed by atoms with Crippen molar-refractivity contribution in [2.75, 3.05) is 13.2 Å². The summed E-state index contributed by atoms with van der Waals surface area (Å²) in [6.07, 6.45) is 0. The van der Waals surface area contributed by atoms with Crippen LogP contribution in [0.25, 0.3) is 11.0 Å². The van der Waals surface area contributed by atoms with Gasteiger partial charge in [-0.3, -0.25) is 9.36 Å². The molecule has 0 aliphatic heterocycles. The van der Waals surface area contributed by atoms with Crippen molar-refractivity contribution < 1.29 is 19.4 Å². The fourth-order valence-corrected chi connectivity index (χ4v) is 1.93. The minimum atomic E-state index is -1.12. The second kappa shape index (κ2) is 5.57. The maximum absolute atomic E-state index is 11.8. The van der Waals surface area contributed by atoms with Gasteiger partial charge < -0.3 is 20.6 Å². The highest BCUT2D eigenvalue weighted by molar-refractivity contribution is 6.01. The summed E-state index contributed by atoms with van der Waals surface area (Å²) in [4.78, 5) is 36.1. The van der Waals surface area contributed by atoms with Gasteiger partial charge in [0.25, 0.3) is 0 Å². The normalized spacial score (nSPS) is 10.8. The fraction of sp³-hybridized carbons (Fsp3) is 0.250. The Morgan fingerprint density at radius 3 is 2.80 bits per heavy atom. The number of carboxylic acids is 1. The van der Waals surface area contributed by atoms with Crippen molar-refractivity contribution in [3.63, 3.8) is 0 Å². The average Bonchev–Trinajstić information content (AvgIpc) is 2.70. The molecule has 0 saturated heterocycles. The SMILES string of the molecule is NC(=O)COCCn1c(=O)[nH]c2cccc(C(=O)O)c21. The van der Waals surface area contributed by atoms with E-state index in [9.17, 15) is 14.4 Å². The molecule has 20 heavy (non-hydrogen) atoms. The van der Waals surface area contributed by atoms with E-state index in [4.69, 9.17) is 15.6 Å². The zero-order valence-corrected chi connectivity index (χ0v) is 10.5. The van der Waals surface area contributed by atoms with Crippen LogP contribution in [0, 0.1) is 0 Å². The largest absolute Gasteiger partial charge is 0.478 e. The van der Waals surface area contributed by atoms with Crippen LogP contribution in [0.5, 0.6) is 0 Å². The molecule has 1 amide bonds. The summed E-state index contributed by atoms with van der Waals surface area (Å²) in [5.41, 5.74) is 5.24. The van der Waals surface area contributed by atoms with Gasteiger partial charge in [-0.15, -0.1) is 0 Å². The van der Waals surface area contributed by atoms with Gasteiger partial charge in [-0.1, -0.05) is 6.07 Å². The Morgan fingerprint density at radius 1 is 1.40 bits per heavy atom. The van der Waals surface area contributed by atoms with Crippen molar-refractivity contribution in [2.24, 2.45) is 5.73 Å². The lowest BCUT2D eigenvalue weighted by atomic mass is 10.2. The molecule has 2 rings (SSSR count). The topological polar surface area (TPSA) is 127 Å². The van der Waals surface area contributed by atoms with E-state index in [1.807, 2.05) is 0 Å². The van der Waals surface area contributed by atoms with Gasteiger partial charge in [-0.25, -0.2) is 9.59 Å². The van der Waals surface area contributed by atoms with Gasteiger partial charge in [-0.05, 0) is 12.1 Å². The fourth-order valence-electron chi connectivity index (χ4n) is 1.93. The minimum Gasteiger partial charge on any atom is -0.478 e. The molecule has 8 heteroatoms. The van der Waals surface area contributed by atoms with Crippen LogP contribution in [0.15, 0.2) is 23.0 Å². The molecule has 1 aromatic carbocycles. The van der Waals surface area contributed by atoms with Gasteiger partial charge in [0, 0.05) is 0 Å². The number of ether oxygens (including phenoxy) is 1. The first kappa shape index (κ1) is 13.8. The molecule has 106 valence electrons. The summed E-state index contributed by atoms with van der Waals surface area (Å²) in [5, 5.41) is 9.14. The number of H-pyrrole nitrogens is 1. The lowest BCUT2D eigenvalue weighted by molar-refractivity contribution is -0.122. The summed E-state index contributed by atoms with van der Waals surface area (Å²) in [6.45, 7) is -0.0525. The number of nitrogens with two attached hydrogens (primary N) is 1. The van der Waals surface area contributed by atoms with E-state index in [2.05, 4.69) is 4.98 Å². The number of benzene rings is 1. The summed E-state index contributed by atoms with van der Waals surface area (Å²) >= 11 is 0. The van der Waals surface area contributed by atoms with Crippen LogP contribution in [0.2, 0.25) is 0 Å². The number of nitrogens with zero attached hydrogens (tertiary/aromatic N) is 1. The van der Waals surface area contributed by atoms with Crippen LogP contribution in [-0.2, 0) is 16.1 Å².